The van der Waals surface area contributed by atoms with Gasteiger partial charge in [-0.25, -0.2) is 9.97 Å². The Hall–Kier alpha value is -7.70. The van der Waals surface area contributed by atoms with Crippen LogP contribution in [0.2, 0.25) is 0 Å². The van der Waals surface area contributed by atoms with Crippen molar-refractivity contribution in [1.82, 2.24) is 19.1 Å². The predicted molar refractivity (Wildman–Crippen MR) is 229 cm³/mol. The van der Waals surface area contributed by atoms with E-state index in [-0.39, 0.29) is 0 Å². The molecule has 0 unspecified atom stereocenters. The lowest BCUT2D eigenvalue weighted by Gasteiger charge is -2.32. The highest BCUT2D eigenvalue weighted by atomic mass is 16.3. The third kappa shape index (κ3) is 3.89. The Kier molecular flexibility index (Phi) is 5.80. The molecule has 0 bridgehead atoms. The summed E-state index contributed by atoms with van der Waals surface area (Å²) in [5, 5.41) is 7.96. The zero-order chi connectivity index (χ0) is 36.5. The SMILES string of the molecule is c1ccc(N2c3ccccc3-c3nc(-n4c5ccccc5c5c4ccc4c6ccccc6n(-c6ccc7c(c6)oc6ccccc67)c45)nc4cccc2c34)cc1. The smallest absolute Gasteiger partial charge is 0.235 e. The lowest BCUT2D eigenvalue weighted by atomic mass is 9.96. The fourth-order valence-electron chi connectivity index (χ4n) is 9.33. The zero-order valence-electron chi connectivity index (χ0n) is 29.9. The minimum absolute atomic E-state index is 0.643. The Bertz CT molecular complexity index is 3610. The summed E-state index contributed by atoms with van der Waals surface area (Å²) in [6, 6.07) is 62.2. The van der Waals surface area contributed by atoms with E-state index in [1.54, 1.807) is 0 Å². The van der Waals surface area contributed by atoms with Crippen molar-refractivity contribution in [3.8, 4) is 22.9 Å². The van der Waals surface area contributed by atoms with Crippen LogP contribution in [0.15, 0.2) is 180 Å². The number of fused-ring (bicyclic) bond motifs is 12. The highest BCUT2D eigenvalue weighted by Crippen LogP contribution is 2.50. The quantitative estimate of drug-likeness (QED) is 0.183. The fraction of sp³-hybridized carbons (Fsp3) is 0. The number of rotatable bonds is 3. The van der Waals surface area contributed by atoms with Crippen LogP contribution in [0.3, 0.4) is 0 Å². The average molecular weight is 716 g/mol. The van der Waals surface area contributed by atoms with E-state index >= 15 is 0 Å². The van der Waals surface area contributed by atoms with Crippen LogP contribution in [-0.4, -0.2) is 19.1 Å². The number of anilines is 3. The van der Waals surface area contributed by atoms with E-state index in [4.69, 9.17) is 14.4 Å². The molecule has 0 saturated heterocycles. The number of hydrogen-bond donors (Lipinski definition) is 0. The average Bonchev–Trinajstić information content (AvgIpc) is 3.91. The Morgan fingerprint density at radius 3 is 2.00 bits per heavy atom. The summed E-state index contributed by atoms with van der Waals surface area (Å²) in [5.74, 6) is 0.643. The van der Waals surface area contributed by atoms with E-state index in [0.29, 0.717) is 5.95 Å². The maximum atomic E-state index is 6.42. The minimum atomic E-state index is 0.643. The van der Waals surface area contributed by atoms with Crippen LogP contribution in [0.4, 0.5) is 17.1 Å². The molecule has 0 radical (unpaired) electrons. The lowest BCUT2D eigenvalue weighted by molar-refractivity contribution is 0.668. The molecule has 0 spiro atoms. The molecule has 6 heteroatoms. The molecule has 0 atom stereocenters. The molecule has 56 heavy (non-hydrogen) atoms. The van der Waals surface area contributed by atoms with E-state index in [0.717, 1.165) is 99.7 Å². The summed E-state index contributed by atoms with van der Waals surface area (Å²) in [5.41, 5.74) is 13.4. The third-order valence-corrected chi connectivity index (χ3v) is 11.6. The van der Waals surface area contributed by atoms with Gasteiger partial charge >= 0.3 is 0 Å². The highest BCUT2D eigenvalue weighted by molar-refractivity contribution is 6.26. The van der Waals surface area contributed by atoms with Crippen LogP contribution >= 0.6 is 0 Å². The van der Waals surface area contributed by atoms with Crippen molar-refractivity contribution in [3.05, 3.63) is 176 Å². The molecule has 8 aromatic carbocycles. The molecule has 0 fully saturated rings. The zero-order valence-corrected chi connectivity index (χ0v) is 29.9. The molecule has 260 valence electrons. The van der Waals surface area contributed by atoms with Gasteiger partial charge in [-0.2, -0.15) is 0 Å². The summed E-state index contributed by atoms with van der Waals surface area (Å²) in [6.45, 7) is 0. The maximum Gasteiger partial charge on any atom is 0.235 e. The summed E-state index contributed by atoms with van der Waals surface area (Å²) in [4.78, 5) is 13.2. The van der Waals surface area contributed by atoms with Gasteiger partial charge in [-0.05, 0) is 66.7 Å². The van der Waals surface area contributed by atoms with Gasteiger partial charge < -0.3 is 13.9 Å². The van der Waals surface area contributed by atoms with Crippen molar-refractivity contribution in [2.24, 2.45) is 0 Å². The van der Waals surface area contributed by atoms with Gasteiger partial charge in [0.2, 0.25) is 5.95 Å². The normalized spacial score (nSPS) is 12.6. The summed E-state index contributed by atoms with van der Waals surface area (Å²) in [6.07, 6.45) is 0. The van der Waals surface area contributed by atoms with Gasteiger partial charge in [-0.15, -0.1) is 0 Å². The highest BCUT2D eigenvalue weighted by Gasteiger charge is 2.29. The third-order valence-electron chi connectivity index (χ3n) is 11.6. The topological polar surface area (TPSA) is 52.0 Å². The first-order valence-corrected chi connectivity index (χ1v) is 18.9. The van der Waals surface area contributed by atoms with Gasteiger partial charge in [-0.1, -0.05) is 103 Å². The van der Waals surface area contributed by atoms with Crippen LogP contribution in [0.5, 0.6) is 0 Å². The largest absolute Gasteiger partial charge is 0.456 e. The van der Waals surface area contributed by atoms with Crippen LogP contribution < -0.4 is 4.90 Å². The van der Waals surface area contributed by atoms with Crippen LogP contribution in [0, 0.1) is 0 Å². The van der Waals surface area contributed by atoms with Crippen LogP contribution in [-0.2, 0) is 0 Å². The molecule has 0 amide bonds. The van der Waals surface area contributed by atoms with E-state index in [2.05, 4.69) is 178 Å². The number of nitrogens with zero attached hydrogens (tertiary/aromatic N) is 5. The second-order valence-electron chi connectivity index (χ2n) is 14.6. The van der Waals surface area contributed by atoms with Crippen LogP contribution in [0.1, 0.15) is 0 Å². The number of hydrogen-bond acceptors (Lipinski definition) is 4. The first kappa shape index (κ1) is 29.7. The van der Waals surface area contributed by atoms with Gasteiger partial charge in [-0.3, -0.25) is 4.57 Å². The number of aromatic nitrogens is 4. The molecular formula is C50H29N5O. The van der Waals surface area contributed by atoms with Gasteiger partial charge in [0.25, 0.3) is 0 Å². The first-order chi connectivity index (χ1) is 27.8. The van der Waals surface area contributed by atoms with Crippen molar-refractivity contribution in [2.45, 2.75) is 0 Å². The second-order valence-corrected chi connectivity index (χ2v) is 14.6. The first-order valence-electron chi connectivity index (χ1n) is 18.9. The predicted octanol–water partition coefficient (Wildman–Crippen LogP) is 13.2. The second kappa shape index (κ2) is 10.9. The Labute approximate surface area is 319 Å². The Morgan fingerprint density at radius 2 is 1.11 bits per heavy atom. The van der Waals surface area contributed by atoms with E-state index < -0.39 is 0 Å². The van der Waals surface area contributed by atoms with Gasteiger partial charge in [0.15, 0.2) is 0 Å². The molecule has 0 saturated carbocycles. The van der Waals surface area contributed by atoms with Crippen LogP contribution in [0.25, 0.3) is 99.3 Å². The van der Waals surface area contributed by atoms with E-state index in [1.165, 1.54) is 10.8 Å². The molecule has 1 aliphatic rings. The summed E-state index contributed by atoms with van der Waals surface area (Å²) >= 11 is 0. The minimum Gasteiger partial charge on any atom is -0.456 e. The monoisotopic (exact) mass is 715 g/mol. The maximum absolute atomic E-state index is 6.42. The van der Waals surface area contributed by atoms with E-state index in [9.17, 15) is 0 Å². The Balaban J connectivity index is 1.12. The van der Waals surface area contributed by atoms with Crippen molar-refractivity contribution < 1.29 is 4.42 Å². The van der Waals surface area contributed by atoms with E-state index in [1.807, 2.05) is 12.1 Å². The standard InChI is InChI=1S/C50H29N5O/c1-2-13-30(14-3-1)53-41-22-10-6-18-37(41)48-47-38(19-12-23-42(47)53)51-50(52-48)55-40-21-9-5-17-36(40)46-43(55)28-27-35-32-15-4-8-20-39(32)54(49(35)46)31-25-26-34-33-16-7-11-24-44(33)56-45(34)29-31/h1-29H. The fourth-order valence-corrected chi connectivity index (χ4v) is 9.33. The van der Waals surface area contributed by atoms with Crippen molar-refractivity contribution >= 4 is 93.5 Å². The van der Waals surface area contributed by atoms with Crippen molar-refractivity contribution in [1.29, 1.82) is 0 Å². The van der Waals surface area contributed by atoms with Gasteiger partial charge in [0, 0.05) is 55.3 Å². The number of para-hydroxylation sites is 5. The van der Waals surface area contributed by atoms with Gasteiger partial charge in [0.05, 0.1) is 50.0 Å². The molecule has 12 aromatic rings. The molecule has 4 aromatic heterocycles. The molecular weight excluding hydrogens is 687 g/mol. The summed E-state index contributed by atoms with van der Waals surface area (Å²) < 4.78 is 11.1. The number of furan rings is 1. The molecule has 1 aliphatic heterocycles. The van der Waals surface area contributed by atoms with Gasteiger partial charge in [0.1, 0.15) is 11.2 Å². The molecule has 5 heterocycles. The summed E-state index contributed by atoms with van der Waals surface area (Å²) in [7, 11) is 0. The van der Waals surface area contributed by atoms with Crippen molar-refractivity contribution in [3.63, 3.8) is 0 Å². The molecule has 6 nitrogen and oxygen atoms in total. The Morgan fingerprint density at radius 1 is 0.411 bits per heavy atom. The molecule has 13 rings (SSSR count). The molecule has 0 N–H and O–H groups in total. The lowest BCUT2D eigenvalue weighted by Crippen LogP contribution is -2.16. The number of benzene rings is 8. The van der Waals surface area contributed by atoms with Crippen molar-refractivity contribution in [2.75, 3.05) is 4.90 Å². The molecule has 0 aliphatic carbocycles.